The van der Waals surface area contributed by atoms with Crippen LogP contribution in [0.5, 0.6) is 0 Å². The van der Waals surface area contributed by atoms with Crippen LogP contribution < -0.4 is 0 Å². The standard InChI is InChI=1S/C14H29NS/c1-4-9-15(3)10-11-16-12-14-7-5-13(2)6-8-14/h13-14H,4-12H2,1-3H3. The number of nitrogens with zero attached hydrogens (tertiary/aromatic N) is 1. The molecule has 0 saturated heterocycles. The van der Waals surface area contributed by atoms with Gasteiger partial charge in [0.25, 0.3) is 0 Å². The summed E-state index contributed by atoms with van der Waals surface area (Å²) in [6.45, 7) is 7.18. The average molecular weight is 243 g/mol. The van der Waals surface area contributed by atoms with Crippen molar-refractivity contribution >= 4 is 11.8 Å². The molecule has 1 fully saturated rings. The molecule has 0 spiro atoms. The summed E-state index contributed by atoms with van der Waals surface area (Å²) in [5.41, 5.74) is 0. The van der Waals surface area contributed by atoms with Crippen molar-refractivity contribution in [3.05, 3.63) is 0 Å². The molecule has 0 radical (unpaired) electrons. The molecule has 0 aromatic heterocycles. The maximum absolute atomic E-state index is 2.45. The molecule has 96 valence electrons. The van der Waals surface area contributed by atoms with Crippen LogP contribution in [0.15, 0.2) is 0 Å². The van der Waals surface area contributed by atoms with Gasteiger partial charge in [-0.15, -0.1) is 0 Å². The Kier molecular flexibility index (Phi) is 7.55. The Bertz CT molecular complexity index is 164. The molecule has 2 heteroatoms. The highest BCUT2D eigenvalue weighted by molar-refractivity contribution is 7.99. The van der Waals surface area contributed by atoms with Gasteiger partial charge in [0.15, 0.2) is 0 Å². The van der Waals surface area contributed by atoms with Gasteiger partial charge < -0.3 is 4.90 Å². The van der Waals surface area contributed by atoms with Crippen LogP contribution in [0.2, 0.25) is 0 Å². The normalized spacial score (nSPS) is 26.2. The Morgan fingerprint density at radius 1 is 1.12 bits per heavy atom. The molecule has 1 nitrogen and oxygen atoms in total. The van der Waals surface area contributed by atoms with Gasteiger partial charge in [0.05, 0.1) is 0 Å². The molecule has 1 saturated carbocycles. The third-order valence-corrected chi connectivity index (χ3v) is 4.89. The molecular formula is C14H29NS. The molecule has 0 aromatic rings. The number of rotatable bonds is 7. The second kappa shape index (κ2) is 8.41. The predicted octanol–water partition coefficient (Wildman–Crippen LogP) is 3.89. The number of hydrogen-bond acceptors (Lipinski definition) is 2. The summed E-state index contributed by atoms with van der Waals surface area (Å²) in [5, 5.41) is 0. The Hall–Kier alpha value is 0.310. The van der Waals surface area contributed by atoms with E-state index in [1.807, 2.05) is 0 Å². The molecule has 0 unspecified atom stereocenters. The fraction of sp³-hybridized carbons (Fsp3) is 1.00. The van der Waals surface area contributed by atoms with Gasteiger partial charge >= 0.3 is 0 Å². The zero-order valence-electron chi connectivity index (χ0n) is 11.4. The maximum atomic E-state index is 2.45. The van der Waals surface area contributed by atoms with E-state index in [1.165, 1.54) is 56.7 Å². The molecule has 0 atom stereocenters. The smallest absolute Gasteiger partial charge is 0.00693 e. The van der Waals surface area contributed by atoms with Crippen LogP contribution in [0.25, 0.3) is 0 Å². The predicted molar refractivity (Wildman–Crippen MR) is 76.2 cm³/mol. The van der Waals surface area contributed by atoms with Crippen LogP contribution in [0.3, 0.4) is 0 Å². The third kappa shape index (κ3) is 6.15. The van der Waals surface area contributed by atoms with Crippen molar-refractivity contribution in [1.29, 1.82) is 0 Å². The van der Waals surface area contributed by atoms with Gasteiger partial charge in [-0.3, -0.25) is 0 Å². The van der Waals surface area contributed by atoms with Crippen molar-refractivity contribution in [2.24, 2.45) is 11.8 Å². The second-order valence-electron chi connectivity index (χ2n) is 5.50. The van der Waals surface area contributed by atoms with Crippen LogP contribution >= 0.6 is 11.8 Å². The summed E-state index contributed by atoms with van der Waals surface area (Å²) >= 11 is 2.17. The lowest BCUT2D eigenvalue weighted by Crippen LogP contribution is -2.22. The molecule has 1 aliphatic rings. The quantitative estimate of drug-likeness (QED) is 0.624. The Balaban J connectivity index is 1.95. The molecular weight excluding hydrogens is 214 g/mol. The highest BCUT2D eigenvalue weighted by Crippen LogP contribution is 2.30. The van der Waals surface area contributed by atoms with Gasteiger partial charge in [-0.1, -0.05) is 26.7 Å². The van der Waals surface area contributed by atoms with Crippen molar-refractivity contribution in [3.8, 4) is 0 Å². The van der Waals surface area contributed by atoms with Crippen LogP contribution in [0, 0.1) is 11.8 Å². The minimum atomic E-state index is 0.997. The number of thioether (sulfide) groups is 1. The summed E-state index contributed by atoms with van der Waals surface area (Å²) in [7, 11) is 2.24. The van der Waals surface area contributed by atoms with Crippen molar-refractivity contribution in [3.63, 3.8) is 0 Å². The van der Waals surface area contributed by atoms with E-state index in [0.717, 1.165) is 11.8 Å². The Morgan fingerprint density at radius 2 is 1.81 bits per heavy atom. The fourth-order valence-electron chi connectivity index (χ4n) is 2.46. The van der Waals surface area contributed by atoms with E-state index in [9.17, 15) is 0 Å². The third-order valence-electron chi connectivity index (χ3n) is 3.71. The summed E-state index contributed by atoms with van der Waals surface area (Å²) in [5.74, 6) is 4.75. The van der Waals surface area contributed by atoms with Gasteiger partial charge in [0.1, 0.15) is 0 Å². The highest BCUT2D eigenvalue weighted by atomic mass is 32.2. The van der Waals surface area contributed by atoms with E-state index in [2.05, 4.69) is 37.6 Å². The molecule has 1 aliphatic carbocycles. The van der Waals surface area contributed by atoms with Gasteiger partial charge in [0.2, 0.25) is 0 Å². The average Bonchev–Trinajstić information content (AvgIpc) is 2.27. The van der Waals surface area contributed by atoms with Gasteiger partial charge in [-0.05, 0) is 50.4 Å². The molecule has 0 amide bonds. The first-order chi connectivity index (χ1) is 7.72. The van der Waals surface area contributed by atoms with Gasteiger partial charge in [0, 0.05) is 12.3 Å². The second-order valence-corrected chi connectivity index (χ2v) is 6.65. The van der Waals surface area contributed by atoms with E-state index in [0.29, 0.717) is 0 Å². The minimum Gasteiger partial charge on any atom is -0.306 e. The van der Waals surface area contributed by atoms with E-state index in [-0.39, 0.29) is 0 Å². The molecule has 0 aromatic carbocycles. The van der Waals surface area contributed by atoms with Crippen molar-refractivity contribution in [2.75, 3.05) is 31.6 Å². The molecule has 0 bridgehead atoms. The first-order valence-corrected chi connectivity index (χ1v) is 8.14. The van der Waals surface area contributed by atoms with Crippen LogP contribution in [-0.2, 0) is 0 Å². The Labute approximate surface area is 106 Å². The van der Waals surface area contributed by atoms with E-state index >= 15 is 0 Å². The van der Waals surface area contributed by atoms with Gasteiger partial charge in [-0.2, -0.15) is 11.8 Å². The molecule has 16 heavy (non-hydrogen) atoms. The highest BCUT2D eigenvalue weighted by Gasteiger charge is 2.17. The van der Waals surface area contributed by atoms with Crippen LogP contribution in [-0.4, -0.2) is 36.5 Å². The lowest BCUT2D eigenvalue weighted by Gasteiger charge is -2.26. The molecule has 0 aliphatic heterocycles. The number of hydrogen-bond donors (Lipinski definition) is 0. The van der Waals surface area contributed by atoms with Gasteiger partial charge in [-0.25, -0.2) is 0 Å². The molecule has 0 N–H and O–H groups in total. The van der Waals surface area contributed by atoms with E-state index in [4.69, 9.17) is 0 Å². The SMILES string of the molecule is CCCN(C)CCSCC1CCC(C)CC1. The lowest BCUT2D eigenvalue weighted by atomic mass is 9.84. The van der Waals surface area contributed by atoms with E-state index < -0.39 is 0 Å². The largest absolute Gasteiger partial charge is 0.306 e. The fourth-order valence-corrected chi connectivity index (χ4v) is 3.73. The van der Waals surface area contributed by atoms with Crippen molar-refractivity contribution in [2.45, 2.75) is 46.0 Å². The van der Waals surface area contributed by atoms with Crippen LogP contribution in [0.1, 0.15) is 46.0 Å². The monoisotopic (exact) mass is 243 g/mol. The first kappa shape index (κ1) is 14.4. The maximum Gasteiger partial charge on any atom is 0.00693 e. The molecule has 0 heterocycles. The first-order valence-electron chi connectivity index (χ1n) is 6.98. The zero-order chi connectivity index (χ0) is 11.8. The molecule has 1 rings (SSSR count). The summed E-state index contributed by atoms with van der Waals surface area (Å²) < 4.78 is 0. The minimum absolute atomic E-state index is 0.997. The van der Waals surface area contributed by atoms with E-state index in [1.54, 1.807) is 0 Å². The van der Waals surface area contributed by atoms with Crippen molar-refractivity contribution in [1.82, 2.24) is 4.90 Å². The topological polar surface area (TPSA) is 3.24 Å². The summed E-state index contributed by atoms with van der Waals surface area (Å²) in [6, 6.07) is 0. The van der Waals surface area contributed by atoms with Crippen LogP contribution in [0.4, 0.5) is 0 Å². The summed E-state index contributed by atoms with van der Waals surface area (Å²) in [6.07, 6.45) is 7.20. The summed E-state index contributed by atoms with van der Waals surface area (Å²) in [4.78, 5) is 2.45. The van der Waals surface area contributed by atoms with Crippen molar-refractivity contribution < 1.29 is 0 Å². The Morgan fingerprint density at radius 3 is 2.44 bits per heavy atom. The lowest BCUT2D eigenvalue weighted by molar-refractivity contribution is 0.311. The zero-order valence-corrected chi connectivity index (χ0v) is 12.2.